The first-order chi connectivity index (χ1) is 8.16. The van der Waals surface area contributed by atoms with Crippen molar-refractivity contribution in [3.63, 3.8) is 0 Å². The Hall–Kier alpha value is -1.35. The normalized spacial score (nSPS) is 19.3. The van der Waals surface area contributed by atoms with Gasteiger partial charge in [0.2, 0.25) is 5.91 Å². The molecule has 0 aliphatic carbocycles. The van der Waals surface area contributed by atoms with Gasteiger partial charge in [-0.05, 0) is 50.0 Å². The van der Waals surface area contributed by atoms with Crippen molar-refractivity contribution in [1.82, 2.24) is 5.32 Å². The Labute approximate surface area is 103 Å². The van der Waals surface area contributed by atoms with Gasteiger partial charge in [-0.1, -0.05) is 12.1 Å². The van der Waals surface area contributed by atoms with Gasteiger partial charge in [0.25, 0.3) is 0 Å². The van der Waals surface area contributed by atoms with Crippen molar-refractivity contribution in [2.75, 3.05) is 25.0 Å². The second-order valence-electron chi connectivity index (χ2n) is 4.85. The summed E-state index contributed by atoms with van der Waals surface area (Å²) in [7, 11) is 1.86. The van der Waals surface area contributed by atoms with Gasteiger partial charge in [0.15, 0.2) is 0 Å². The van der Waals surface area contributed by atoms with Crippen molar-refractivity contribution < 1.29 is 4.79 Å². The van der Waals surface area contributed by atoms with Gasteiger partial charge >= 0.3 is 0 Å². The van der Waals surface area contributed by atoms with E-state index in [0.717, 1.165) is 25.2 Å². The Morgan fingerprint density at radius 1 is 1.53 bits per heavy atom. The van der Waals surface area contributed by atoms with E-state index in [1.165, 1.54) is 5.56 Å². The summed E-state index contributed by atoms with van der Waals surface area (Å²) in [4.78, 5) is 13.9. The lowest BCUT2D eigenvalue weighted by molar-refractivity contribution is -0.119. The minimum atomic E-state index is 0.212. The van der Waals surface area contributed by atoms with Crippen LogP contribution < -0.4 is 10.2 Å². The number of nitrogens with zero attached hydrogens (tertiary/aromatic N) is 1. The van der Waals surface area contributed by atoms with E-state index in [2.05, 4.69) is 5.32 Å². The summed E-state index contributed by atoms with van der Waals surface area (Å²) in [5.41, 5.74) is 2.17. The van der Waals surface area contributed by atoms with Gasteiger partial charge in [-0.3, -0.25) is 4.79 Å². The minimum absolute atomic E-state index is 0.212. The third-order valence-electron chi connectivity index (χ3n) is 3.39. The zero-order valence-corrected chi connectivity index (χ0v) is 10.6. The molecule has 1 aliphatic rings. The number of benzene rings is 1. The van der Waals surface area contributed by atoms with Crippen molar-refractivity contribution in [2.45, 2.75) is 19.8 Å². The quantitative estimate of drug-likeness (QED) is 0.864. The first-order valence-corrected chi connectivity index (χ1v) is 6.21. The maximum atomic E-state index is 12.1. The van der Waals surface area contributed by atoms with Crippen molar-refractivity contribution in [3.05, 3.63) is 29.8 Å². The lowest BCUT2D eigenvalue weighted by Gasteiger charge is -2.19. The Kier molecular flexibility index (Phi) is 3.79. The highest BCUT2D eigenvalue weighted by Gasteiger charge is 2.20. The Bertz CT molecular complexity index is 397. The van der Waals surface area contributed by atoms with Crippen molar-refractivity contribution in [3.8, 4) is 0 Å². The summed E-state index contributed by atoms with van der Waals surface area (Å²) in [6.45, 7) is 4.07. The molecule has 1 heterocycles. The molecule has 1 aromatic rings. The van der Waals surface area contributed by atoms with Crippen LogP contribution in [0, 0.1) is 12.8 Å². The van der Waals surface area contributed by atoms with E-state index < -0.39 is 0 Å². The summed E-state index contributed by atoms with van der Waals surface area (Å²) >= 11 is 0. The molecule has 3 heteroatoms. The number of hydrogen-bond acceptors (Lipinski definition) is 2. The smallest absolute Gasteiger partial charge is 0.227 e. The molecular formula is C14H20N2O. The molecule has 1 saturated heterocycles. The zero-order chi connectivity index (χ0) is 12.3. The van der Waals surface area contributed by atoms with E-state index in [1.54, 1.807) is 4.90 Å². The van der Waals surface area contributed by atoms with Crippen LogP contribution in [0.1, 0.15) is 18.4 Å². The average Bonchev–Trinajstić information content (AvgIpc) is 2.80. The van der Waals surface area contributed by atoms with E-state index in [9.17, 15) is 4.79 Å². The lowest BCUT2D eigenvalue weighted by atomic mass is 10.0. The number of aryl methyl sites for hydroxylation is 1. The Balaban J connectivity index is 1.98. The first kappa shape index (κ1) is 12.1. The molecule has 0 saturated carbocycles. The number of carbonyl (C=O) groups excluding carboxylic acids is 1. The van der Waals surface area contributed by atoms with E-state index in [0.29, 0.717) is 12.3 Å². The molecule has 3 nitrogen and oxygen atoms in total. The standard InChI is InChI=1S/C14H20N2O/c1-11-4-3-5-13(8-11)16(2)14(17)9-12-6-7-15-10-12/h3-5,8,12,15H,6-7,9-10H2,1-2H3. The van der Waals surface area contributed by atoms with Crippen LogP contribution in [0.4, 0.5) is 5.69 Å². The number of hydrogen-bond donors (Lipinski definition) is 1. The van der Waals surface area contributed by atoms with Crippen LogP contribution in [0.5, 0.6) is 0 Å². The van der Waals surface area contributed by atoms with Gasteiger partial charge in [-0.2, -0.15) is 0 Å². The monoisotopic (exact) mass is 232 g/mol. The van der Waals surface area contributed by atoms with Crippen molar-refractivity contribution in [1.29, 1.82) is 0 Å². The van der Waals surface area contributed by atoms with E-state index in [-0.39, 0.29) is 5.91 Å². The molecule has 2 rings (SSSR count). The topological polar surface area (TPSA) is 32.3 Å². The lowest BCUT2D eigenvalue weighted by Crippen LogP contribution is -2.28. The fourth-order valence-corrected chi connectivity index (χ4v) is 2.25. The highest BCUT2D eigenvalue weighted by Crippen LogP contribution is 2.18. The molecule has 1 amide bonds. The van der Waals surface area contributed by atoms with Crippen LogP contribution in [-0.2, 0) is 4.79 Å². The van der Waals surface area contributed by atoms with Gasteiger partial charge in [0, 0.05) is 19.2 Å². The number of amides is 1. The van der Waals surface area contributed by atoms with Crippen molar-refractivity contribution in [2.24, 2.45) is 5.92 Å². The molecule has 1 N–H and O–H groups in total. The Morgan fingerprint density at radius 3 is 3.00 bits per heavy atom. The molecule has 0 spiro atoms. The minimum Gasteiger partial charge on any atom is -0.316 e. The molecule has 1 unspecified atom stereocenters. The van der Waals surface area contributed by atoms with Crippen LogP contribution in [0.15, 0.2) is 24.3 Å². The predicted molar refractivity (Wildman–Crippen MR) is 70.2 cm³/mol. The molecule has 92 valence electrons. The molecule has 0 radical (unpaired) electrons. The van der Waals surface area contributed by atoms with Crippen LogP contribution in [-0.4, -0.2) is 26.0 Å². The summed E-state index contributed by atoms with van der Waals surface area (Å²) in [5.74, 6) is 0.721. The number of nitrogens with one attached hydrogen (secondary N) is 1. The second kappa shape index (κ2) is 5.32. The highest BCUT2D eigenvalue weighted by atomic mass is 16.2. The number of anilines is 1. The highest BCUT2D eigenvalue weighted by molar-refractivity contribution is 5.93. The predicted octanol–water partition coefficient (Wildman–Crippen LogP) is 1.96. The third kappa shape index (κ3) is 3.07. The van der Waals surface area contributed by atoms with Gasteiger partial charge in [0.05, 0.1) is 0 Å². The molecule has 0 aromatic heterocycles. The molecule has 1 aliphatic heterocycles. The van der Waals surface area contributed by atoms with Gasteiger partial charge in [-0.15, -0.1) is 0 Å². The van der Waals surface area contributed by atoms with Crippen LogP contribution >= 0.6 is 0 Å². The van der Waals surface area contributed by atoms with Crippen LogP contribution in [0.2, 0.25) is 0 Å². The third-order valence-corrected chi connectivity index (χ3v) is 3.39. The summed E-state index contributed by atoms with van der Waals surface area (Å²) in [6, 6.07) is 8.07. The fourth-order valence-electron chi connectivity index (χ4n) is 2.25. The molecule has 0 bridgehead atoms. The first-order valence-electron chi connectivity index (χ1n) is 6.21. The maximum Gasteiger partial charge on any atom is 0.227 e. The van der Waals surface area contributed by atoms with Gasteiger partial charge < -0.3 is 10.2 Å². The van der Waals surface area contributed by atoms with Gasteiger partial charge in [0.1, 0.15) is 0 Å². The van der Waals surface area contributed by atoms with Crippen LogP contribution in [0.3, 0.4) is 0 Å². The summed E-state index contributed by atoms with van der Waals surface area (Å²) in [5, 5.41) is 3.29. The maximum absolute atomic E-state index is 12.1. The molecule has 17 heavy (non-hydrogen) atoms. The number of rotatable bonds is 3. The summed E-state index contributed by atoms with van der Waals surface area (Å²) < 4.78 is 0. The Morgan fingerprint density at radius 2 is 2.35 bits per heavy atom. The largest absolute Gasteiger partial charge is 0.316 e. The molecule has 1 aromatic carbocycles. The van der Waals surface area contributed by atoms with Gasteiger partial charge in [-0.25, -0.2) is 0 Å². The second-order valence-corrected chi connectivity index (χ2v) is 4.85. The van der Waals surface area contributed by atoms with E-state index in [4.69, 9.17) is 0 Å². The molecule has 1 atom stereocenters. The zero-order valence-electron chi connectivity index (χ0n) is 10.6. The van der Waals surface area contributed by atoms with E-state index >= 15 is 0 Å². The van der Waals surface area contributed by atoms with E-state index in [1.807, 2.05) is 38.2 Å². The average molecular weight is 232 g/mol. The van der Waals surface area contributed by atoms with Crippen molar-refractivity contribution >= 4 is 11.6 Å². The molecule has 1 fully saturated rings. The molecular weight excluding hydrogens is 212 g/mol. The summed E-state index contributed by atoms with van der Waals surface area (Å²) in [6.07, 6.45) is 1.77. The SMILES string of the molecule is Cc1cccc(N(C)C(=O)CC2CCNC2)c1. The number of carbonyl (C=O) groups is 1. The van der Waals surface area contributed by atoms with Crippen LogP contribution in [0.25, 0.3) is 0 Å². The fraction of sp³-hybridized carbons (Fsp3) is 0.500.